The molecule has 1 aliphatic rings. The van der Waals surface area contributed by atoms with E-state index in [0.717, 1.165) is 22.5 Å². The van der Waals surface area contributed by atoms with Crippen molar-refractivity contribution < 1.29 is 26.4 Å². The third kappa shape index (κ3) is 5.18. The summed E-state index contributed by atoms with van der Waals surface area (Å²) in [6.45, 7) is 4.76. The van der Waals surface area contributed by atoms with Crippen LogP contribution in [-0.2, 0) is 21.0 Å². The second-order valence-corrected chi connectivity index (χ2v) is 8.37. The zero-order valence-corrected chi connectivity index (χ0v) is 15.4. The largest absolute Gasteiger partial charge is 0.416 e. The Kier molecular flexibility index (Phi) is 6.30. The quantitative estimate of drug-likeness (QED) is 0.824. The molecule has 1 amide bonds. The van der Waals surface area contributed by atoms with E-state index in [9.17, 15) is 26.4 Å². The summed E-state index contributed by atoms with van der Waals surface area (Å²) in [5.41, 5.74) is -0.998. The summed E-state index contributed by atoms with van der Waals surface area (Å²) in [6, 6.07) is 3.75. The van der Waals surface area contributed by atoms with Gasteiger partial charge in [0, 0.05) is 32.2 Å². The smallest absolute Gasteiger partial charge is 0.353 e. The number of nitrogens with one attached hydrogen (secondary N) is 1. The van der Waals surface area contributed by atoms with E-state index >= 15 is 0 Å². The lowest BCUT2D eigenvalue weighted by atomic mass is 10.2. The molecule has 0 spiro atoms. The minimum atomic E-state index is -4.60. The number of amides is 1. The van der Waals surface area contributed by atoms with Crippen LogP contribution in [0.2, 0.25) is 0 Å². The summed E-state index contributed by atoms with van der Waals surface area (Å²) >= 11 is 0. The predicted octanol–water partition coefficient (Wildman–Crippen LogP) is 1.54. The topological polar surface area (TPSA) is 69.7 Å². The number of rotatable bonds is 5. The molecule has 6 nitrogen and oxygen atoms in total. The lowest BCUT2D eigenvalue weighted by molar-refractivity contribution is -0.137. The zero-order chi connectivity index (χ0) is 19.5. The number of alkyl halides is 3. The molecule has 1 fully saturated rings. The first-order chi connectivity index (χ1) is 12.0. The van der Waals surface area contributed by atoms with Gasteiger partial charge in [-0.15, -0.1) is 0 Å². The van der Waals surface area contributed by atoms with Gasteiger partial charge in [-0.2, -0.15) is 17.5 Å². The molecule has 0 atom stereocenters. The number of hydrogen-bond acceptors (Lipinski definition) is 4. The first kappa shape index (κ1) is 20.7. The Labute approximate surface area is 151 Å². The number of halogens is 3. The van der Waals surface area contributed by atoms with Crippen LogP contribution in [0.5, 0.6) is 0 Å². The lowest BCUT2D eigenvalue weighted by Gasteiger charge is -2.33. The van der Waals surface area contributed by atoms with Crippen molar-refractivity contribution in [2.24, 2.45) is 0 Å². The Morgan fingerprint density at radius 3 is 2.35 bits per heavy atom. The van der Waals surface area contributed by atoms with Crippen molar-refractivity contribution in [1.82, 2.24) is 14.5 Å². The maximum atomic E-state index is 12.8. The van der Waals surface area contributed by atoms with Crippen LogP contribution >= 0.6 is 0 Å². The summed E-state index contributed by atoms with van der Waals surface area (Å²) < 4.78 is 64.8. The number of carbonyl (C=O) groups is 1. The van der Waals surface area contributed by atoms with Crippen LogP contribution in [0.3, 0.4) is 0 Å². The second-order valence-electron chi connectivity index (χ2n) is 6.43. The Hall–Kier alpha value is -1.65. The minimum Gasteiger partial charge on any atom is -0.353 e. The van der Waals surface area contributed by atoms with Crippen LogP contribution in [0.15, 0.2) is 29.2 Å². The molecule has 1 saturated heterocycles. The summed E-state index contributed by atoms with van der Waals surface area (Å²) in [5, 5.41) is 2.76. The van der Waals surface area contributed by atoms with Crippen molar-refractivity contribution in [3.63, 3.8) is 0 Å². The molecule has 26 heavy (non-hydrogen) atoms. The van der Waals surface area contributed by atoms with Gasteiger partial charge in [0.2, 0.25) is 15.9 Å². The van der Waals surface area contributed by atoms with Gasteiger partial charge in [-0.1, -0.05) is 6.07 Å². The van der Waals surface area contributed by atoms with Crippen LogP contribution in [0.4, 0.5) is 13.2 Å². The van der Waals surface area contributed by atoms with E-state index in [0.29, 0.717) is 19.2 Å². The standard InChI is InChI=1S/C16H22F3N3O3S/c1-12(2)20-15(23)11-21-6-8-22(9-7-21)26(24,25)14-5-3-4-13(10-14)16(17,18)19/h3-5,10,12H,6-9,11H2,1-2H3,(H,20,23). The van der Waals surface area contributed by atoms with Crippen molar-refractivity contribution >= 4 is 15.9 Å². The zero-order valence-electron chi connectivity index (χ0n) is 14.6. The Balaban J connectivity index is 2.03. The van der Waals surface area contributed by atoms with Crippen LogP contribution in [0.25, 0.3) is 0 Å². The van der Waals surface area contributed by atoms with E-state index in [2.05, 4.69) is 5.32 Å². The molecule has 0 aromatic heterocycles. The van der Waals surface area contributed by atoms with Gasteiger partial charge in [0.1, 0.15) is 0 Å². The molecule has 1 heterocycles. The van der Waals surface area contributed by atoms with Crippen molar-refractivity contribution in [1.29, 1.82) is 0 Å². The third-order valence-corrected chi connectivity index (χ3v) is 5.84. The molecule has 0 bridgehead atoms. The summed E-state index contributed by atoms with van der Waals surface area (Å²) in [7, 11) is -4.01. The molecular weight excluding hydrogens is 371 g/mol. The van der Waals surface area contributed by atoms with Gasteiger partial charge in [0.25, 0.3) is 0 Å². The van der Waals surface area contributed by atoms with E-state index in [4.69, 9.17) is 0 Å². The monoisotopic (exact) mass is 393 g/mol. The fourth-order valence-electron chi connectivity index (χ4n) is 2.68. The fourth-order valence-corrected chi connectivity index (χ4v) is 4.15. The SMILES string of the molecule is CC(C)NC(=O)CN1CCN(S(=O)(=O)c2cccc(C(F)(F)F)c2)CC1. The molecule has 1 N–H and O–H groups in total. The number of carbonyl (C=O) groups excluding carboxylic acids is 1. The van der Waals surface area contributed by atoms with Crippen LogP contribution in [-0.4, -0.2) is 62.3 Å². The maximum Gasteiger partial charge on any atom is 0.416 e. The highest BCUT2D eigenvalue weighted by molar-refractivity contribution is 7.89. The molecule has 1 aromatic carbocycles. The summed E-state index contributed by atoms with van der Waals surface area (Å²) in [5.74, 6) is -0.144. The van der Waals surface area contributed by atoms with Gasteiger partial charge in [0.05, 0.1) is 17.0 Å². The van der Waals surface area contributed by atoms with Gasteiger partial charge in [-0.05, 0) is 32.0 Å². The molecule has 1 aliphatic heterocycles. The molecule has 146 valence electrons. The van der Waals surface area contributed by atoms with Crippen LogP contribution < -0.4 is 5.32 Å². The van der Waals surface area contributed by atoms with Crippen molar-refractivity contribution in [3.05, 3.63) is 29.8 Å². The van der Waals surface area contributed by atoms with Gasteiger partial charge < -0.3 is 5.32 Å². The number of piperazine rings is 1. The maximum absolute atomic E-state index is 12.8. The molecule has 1 aromatic rings. The van der Waals surface area contributed by atoms with Gasteiger partial charge in [-0.3, -0.25) is 9.69 Å². The van der Waals surface area contributed by atoms with Gasteiger partial charge in [-0.25, -0.2) is 8.42 Å². The minimum absolute atomic E-state index is 0.0186. The predicted molar refractivity (Wildman–Crippen MR) is 89.9 cm³/mol. The number of benzene rings is 1. The highest BCUT2D eigenvalue weighted by Crippen LogP contribution is 2.31. The molecule has 10 heteroatoms. The Bertz CT molecular complexity index is 743. The van der Waals surface area contributed by atoms with E-state index in [1.165, 1.54) is 0 Å². The lowest BCUT2D eigenvalue weighted by Crippen LogP contribution is -2.51. The fraction of sp³-hybridized carbons (Fsp3) is 0.562. The van der Waals surface area contributed by atoms with Crippen LogP contribution in [0.1, 0.15) is 19.4 Å². The number of sulfonamides is 1. The van der Waals surface area contributed by atoms with E-state index in [1.807, 2.05) is 18.7 Å². The van der Waals surface area contributed by atoms with E-state index < -0.39 is 21.8 Å². The van der Waals surface area contributed by atoms with Gasteiger partial charge >= 0.3 is 6.18 Å². The highest BCUT2D eigenvalue weighted by atomic mass is 32.2. The van der Waals surface area contributed by atoms with E-state index in [-0.39, 0.29) is 36.5 Å². The number of nitrogens with zero attached hydrogens (tertiary/aromatic N) is 2. The molecule has 2 rings (SSSR count). The first-order valence-electron chi connectivity index (χ1n) is 8.19. The third-order valence-electron chi connectivity index (χ3n) is 3.95. The van der Waals surface area contributed by atoms with Gasteiger partial charge in [0.15, 0.2) is 0 Å². The van der Waals surface area contributed by atoms with Crippen molar-refractivity contribution in [3.8, 4) is 0 Å². The molecular formula is C16H22F3N3O3S. The van der Waals surface area contributed by atoms with Crippen molar-refractivity contribution in [2.45, 2.75) is 31.0 Å². The molecule has 0 radical (unpaired) electrons. The molecule has 0 aliphatic carbocycles. The molecule has 0 saturated carbocycles. The Morgan fingerprint density at radius 2 is 1.81 bits per heavy atom. The average molecular weight is 393 g/mol. The van der Waals surface area contributed by atoms with Crippen molar-refractivity contribution in [2.75, 3.05) is 32.7 Å². The highest BCUT2D eigenvalue weighted by Gasteiger charge is 2.34. The molecule has 0 unspecified atom stereocenters. The van der Waals surface area contributed by atoms with Crippen LogP contribution in [0, 0.1) is 0 Å². The average Bonchev–Trinajstić information content (AvgIpc) is 2.54. The Morgan fingerprint density at radius 1 is 1.19 bits per heavy atom. The summed E-state index contributed by atoms with van der Waals surface area (Å²) in [6.07, 6.45) is -4.60. The van der Waals surface area contributed by atoms with E-state index in [1.54, 1.807) is 0 Å². The second kappa shape index (κ2) is 7.93. The summed E-state index contributed by atoms with van der Waals surface area (Å²) in [4.78, 5) is 13.2. The normalized spacial score (nSPS) is 17.5. The number of hydrogen-bond donors (Lipinski definition) is 1. The first-order valence-corrected chi connectivity index (χ1v) is 9.63.